The first-order valence-electron chi connectivity index (χ1n) is 4.15. The van der Waals surface area contributed by atoms with Crippen molar-refractivity contribution in [1.82, 2.24) is 9.36 Å². The van der Waals surface area contributed by atoms with E-state index in [0.29, 0.717) is 5.56 Å². The molecule has 0 radical (unpaired) electrons. The Labute approximate surface area is 85.6 Å². The number of benzene rings is 1. The summed E-state index contributed by atoms with van der Waals surface area (Å²) in [6.45, 7) is 1.92. The van der Waals surface area contributed by atoms with Crippen molar-refractivity contribution in [3.63, 3.8) is 0 Å². The van der Waals surface area contributed by atoms with Crippen LogP contribution in [-0.2, 0) is 0 Å². The van der Waals surface area contributed by atoms with Crippen molar-refractivity contribution in [2.45, 2.75) is 6.92 Å². The van der Waals surface area contributed by atoms with E-state index < -0.39 is 0 Å². The first kappa shape index (κ1) is 9.02. The lowest BCUT2D eigenvalue weighted by atomic mass is 10.1. The molecule has 3 nitrogen and oxygen atoms in total. The average Bonchev–Trinajstić information content (AvgIpc) is 2.65. The molecule has 2 aromatic rings. The average molecular weight is 204 g/mol. The zero-order valence-corrected chi connectivity index (χ0v) is 8.41. The normalized spacial score (nSPS) is 10.1. The summed E-state index contributed by atoms with van der Waals surface area (Å²) in [7, 11) is 0. The van der Waals surface area contributed by atoms with Crippen LogP contribution in [0, 0.1) is 6.92 Å². The van der Waals surface area contributed by atoms with E-state index in [-0.39, 0.29) is 0 Å². The van der Waals surface area contributed by atoms with Gasteiger partial charge in [-0.15, -0.1) is 0 Å². The molecule has 4 heteroatoms. The van der Waals surface area contributed by atoms with Gasteiger partial charge in [0.1, 0.15) is 11.3 Å². The summed E-state index contributed by atoms with van der Waals surface area (Å²) in [6, 6.07) is 7.23. The first-order chi connectivity index (χ1) is 6.79. The van der Waals surface area contributed by atoms with Gasteiger partial charge in [0.15, 0.2) is 5.82 Å². The Kier molecular flexibility index (Phi) is 2.37. The highest BCUT2D eigenvalue weighted by Crippen LogP contribution is 2.17. The van der Waals surface area contributed by atoms with Gasteiger partial charge in [-0.25, -0.2) is 4.98 Å². The third-order valence-electron chi connectivity index (χ3n) is 1.83. The number of aldehydes is 1. The highest BCUT2D eigenvalue weighted by Gasteiger charge is 2.02. The van der Waals surface area contributed by atoms with Gasteiger partial charge in [-0.2, -0.15) is 4.37 Å². The third-order valence-corrected chi connectivity index (χ3v) is 2.45. The summed E-state index contributed by atoms with van der Waals surface area (Å²) in [5.41, 5.74) is 1.61. The predicted molar refractivity (Wildman–Crippen MR) is 55.5 cm³/mol. The molecule has 0 fully saturated rings. The van der Waals surface area contributed by atoms with E-state index in [4.69, 9.17) is 0 Å². The topological polar surface area (TPSA) is 42.9 Å². The van der Waals surface area contributed by atoms with Crippen molar-refractivity contribution in [3.8, 4) is 11.4 Å². The Balaban J connectivity index is 2.38. The molecular formula is C10H8N2OS. The van der Waals surface area contributed by atoms with Crippen LogP contribution >= 0.6 is 11.5 Å². The molecule has 0 aliphatic heterocycles. The molecule has 70 valence electrons. The lowest BCUT2D eigenvalue weighted by molar-refractivity contribution is 0.112. The molecule has 0 saturated carbocycles. The van der Waals surface area contributed by atoms with E-state index >= 15 is 0 Å². The molecule has 0 unspecified atom stereocenters. The van der Waals surface area contributed by atoms with Gasteiger partial charge >= 0.3 is 0 Å². The van der Waals surface area contributed by atoms with Gasteiger partial charge in [-0.1, -0.05) is 24.3 Å². The predicted octanol–water partition coefficient (Wildman–Crippen LogP) is 2.33. The highest BCUT2D eigenvalue weighted by atomic mass is 32.1. The number of nitrogens with zero attached hydrogens (tertiary/aromatic N) is 2. The molecule has 0 spiro atoms. The van der Waals surface area contributed by atoms with Crippen molar-refractivity contribution in [2.75, 3.05) is 0 Å². The summed E-state index contributed by atoms with van der Waals surface area (Å²) in [4.78, 5) is 14.7. The summed E-state index contributed by atoms with van der Waals surface area (Å²) < 4.78 is 4.18. The summed E-state index contributed by atoms with van der Waals surface area (Å²) >= 11 is 1.38. The van der Waals surface area contributed by atoms with Gasteiger partial charge in [0.05, 0.1) is 0 Å². The van der Waals surface area contributed by atoms with Gasteiger partial charge in [-0.05, 0) is 18.5 Å². The standard InChI is InChI=1S/C10H8N2OS/c1-7-11-10(12-14-7)9-4-2-8(6-13)3-5-9/h2-6H,1H3. The van der Waals surface area contributed by atoms with Crippen molar-refractivity contribution >= 4 is 17.8 Å². The van der Waals surface area contributed by atoms with Crippen LogP contribution < -0.4 is 0 Å². The second-order valence-electron chi connectivity index (χ2n) is 2.88. The molecule has 0 aliphatic carbocycles. The van der Waals surface area contributed by atoms with Gasteiger partial charge in [0, 0.05) is 11.1 Å². The van der Waals surface area contributed by atoms with Gasteiger partial charge in [0.25, 0.3) is 0 Å². The molecule has 1 aromatic heterocycles. The van der Waals surface area contributed by atoms with Gasteiger partial charge < -0.3 is 0 Å². The van der Waals surface area contributed by atoms with Crippen LogP contribution in [0.4, 0.5) is 0 Å². The fraction of sp³-hybridized carbons (Fsp3) is 0.100. The highest BCUT2D eigenvalue weighted by molar-refractivity contribution is 7.05. The molecule has 1 heterocycles. The molecule has 2 rings (SSSR count). The number of aryl methyl sites for hydroxylation is 1. The number of aromatic nitrogens is 2. The molecule has 0 bridgehead atoms. The molecule has 0 saturated heterocycles. The van der Waals surface area contributed by atoms with Crippen LogP contribution in [0.2, 0.25) is 0 Å². The van der Waals surface area contributed by atoms with Gasteiger partial charge in [0.2, 0.25) is 0 Å². The Morgan fingerprint density at radius 2 is 2.00 bits per heavy atom. The summed E-state index contributed by atoms with van der Waals surface area (Å²) in [5, 5.41) is 0.944. The first-order valence-corrected chi connectivity index (χ1v) is 4.93. The van der Waals surface area contributed by atoms with Crippen molar-refractivity contribution < 1.29 is 4.79 Å². The molecule has 0 atom stereocenters. The largest absolute Gasteiger partial charge is 0.298 e. The molecule has 0 aliphatic rings. The van der Waals surface area contributed by atoms with Crippen LogP contribution in [0.1, 0.15) is 15.4 Å². The maximum absolute atomic E-state index is 10.4. The Bertz CT molecular complexity index is 447. The zero-order valence-electron chi connectivity index (χ0n) is 7.60. The summed E-state index contributed by atoms with van der Waals surface area (Å²) in [5.74, 6) is 0.727. The SMILES string of the molecule is Cc1nc(-c2ccc(C=O)cc2)ns1. The minimum absolute atomic E-state index is 0.667. The molecular weight excluding hydrogens is 196 g/mol. The van der Waals surface area contributed by atoms with Crippen LogP contribution in [0.25, 0.3) is 11.4 Å². The number of rotatable bonds is 2. The van der Waals surface area contributed by atoms with Crippen LogP contribution in [0.15, 0.2) is 24.3 Å². The van der Waals surface area contributed by atoms with Crippen molar-refractivity contribution in [3.05, 3.63) is 34.8 Å². The van der Waals surface area contributed by atoms with E-state index in [0.717, 1.165) is 22.7 Å². The van der Waals surface area contributed by atoms with Crippen LogP contribution in [0.3, 0.4) is 0 Å². The maximum atomic E-state index is 10.4. The van der Waals surface area contributed by atoms with Crippen molar-refractivity contribution in [1.29, 1.82) is 0 Å². The van der Waals surface area contributed by atoms with E-state index in [1.165, 1.54) is 11.5 Å². The number of carbonyl (C=O) groups is 1. The Morgan fingerprint density at radius 3 is 2.50 bits per heavy atom. The Morgan fingerprint density at radius 1 is 1.29 bits per heavy atom. The number of hydrogen-bond donors (Lipinski definition) is 0. The molecule has 14 heavy (non-hydrogen) atoms. The molecule has 1 aromatic carbocycles. The lowest BCUT2D eigenvalue weighted by Crippen LogP contribution is -1.82. The van der Waals surface area contributed by atoms with E-state index in [2.05, 4.69) is 9.36 Å². The second kappa shape index (κ2) is 3.67. The maximum Gasteiger partial charge on any atom is 0.173 e. The minimum atomic E-state index is 0.667. The fourth-order valence-electron chi connectivity index (χ4n) is 1.13. The quantitative estimate of drug-likeness (QED) is 0.705. The van der Waals surface area contributed by atoms with Crippen LogP contribution in [0.5, 0.6) is 0 Å². The number of carbonyl (C=O) groups excluding carboxylic acids is 1. The fourth-order valence-corrected chi connectivity index (χ4v) is 1.62. The monoisotopic (exact) mass is 204 g/mol. The molecule has 0 amide bonds. The van der Waals surface area contributed by atoms with Gasteiger partial charge in [-0.3, -0.25) is 4.79 Å². The molecule has 0 N–H and O–H groups in total. The van der Waals surface area contributed by atoms with E-state index in [1.807, 2.05) is 19.1 Å². The lowest BCUT2D eigenvalue weighted by Gasteiger charge is -1.94. The minimum Gasteiger partial charge on any atom is -0.298 e. The van der Waals surface area contributed by atoms with Crippen molar-refractivity contribution in [2.24, 2.45) is 0 Å². The van der Waals surface area contributed by atoms with E-state index in [9.17, 15) is 4.79 Å². The third kappa shape index (κ3) is 1.70. The zero-order chi connectivity index (χ0) is 9.97. The Hall–Kier alpha value is -1.55. The number of hydrogen-bond acceptors (Lipinski definition) is 4. The second-order valence-corrected chi connectivity index (χ2v) is 3.83. The summed E-state index contributed by atoms with van der Waals surface area (Å²) in [6.07, 6.45) is 0.823. The van der Waals surface area contributed by atoms with Crippen LogP contribution in [-0.4, -0.2) is 15.6 Å². The smallest absolute Gasteiger partial charge is 0.173 e. The van der Waals surface area contributed by atoms with E-state index in [1.54, 1.807) is 12.1 Å².